The van der Waals surface area contributed by atoms with Gasteiger partial charge in [0.15, 0.2) is 3.92 Å². The quantitative estimate of drug-likeness (QED) is 0.687. The van der Waals surface area contributed by atoms with E-state index < -0.39 is 0 Å². The molecule has 0 fully saturated rings. The van der Waals surface area contributed by atoms with E-state index in [2.05, 4.69) is 57.2 Å². The highest BCUT2D eigenvalue weighted by atomic mass is 79.9. The predicted molar refractivity (Wildman–Crippen MR) is 68.7 cm³/mol. The number of benzene rings is 1. The fourth-order valence-corrected chi connectivity index (χ4v) is 2.75. The zero-order chi connectivity index (χ0) is 11.1. The summed E-state index contributed by atoms with van der Waals surface area (Å²) >= 11 is 4.87. The SMILES string of the molecule is Cc1ccc(-c2cn3nc(Br)sc3n2)cc1. The van der Waals surface area contributed by atoms with Crippen LogP contribution in [0.2, 0.25) is 0 Å². The van der Waals surface area contributed by atoms with Crippen molar-refractivity contribution < 1.29 is 0 Å². The summed E-state index contributed by atoms with van der Waals surface area (Å²) in [7, 11) is 0. The molecule has 3 nitrogen and oxygen atoms in total. The lowest BCUT2D eigenvalue weighted by Crippen LogP contribution is -1.79. The Morgan fingerprint density at radius 1 is 1.25 bits per heavy atom. The Bertz CT molecular complexity index is 607. The van der Waals surface area contributed by atoms with Crippen LogP contribution in [-0.4, -0.2) is 14.6 Å². The van der Waals surface area contributed by atoms with Crippen molar-refractivity contribution in [2.45, 2.75) is 6.92 Å². The van der Waals surface area contributed by atoms with E-state index in [1.54, 1.807) is 4.52 Å². The smallest absolute Gasteiger partial charge is 0.213 e. The lowest BCUT2D eigenvalue weighted by molar-refractivity contribution is 0.959. The van der Waals surface area contributed by atoms with E-state index in [0.29, 0.717) is 0 Å². The van der Waals surface area contributed by atoms with Gasteiger partial charge in [-0.2, -0.15) is 0 Å². The third kappa shape index (κ3) is 1.66. The second-order valence-corrected chi connectivity index (χ2v) is 5.81. The van der Waals surface area contributed by atoms with Crippen molar-refractivity contribution in [3.8, 4) is 11.3 Å². The zero-order valence-electron chi connectivity index (χ0n) is 8.51. The van der Waals surface area contributed by atoms with Gasteiger partial charge in [0.2, 0.25) is 4.96 Å². The summed E-state index contributed by atoms with van der Waals surface area (Å²) in [6, 6.07) is 8.34. The summed E-state index contributed by atoms with van der Waals surface area (Å²) in [4.78, 5) is 5.43. The molecule has 0 N–H and O–H groups in total. The number of aryl methyl sites for hydroxylation is 1. The van der Waals surface area contributed by atoms with Gasteiger partial charge in [-0.3, -0.25) is 0 Å². The van der Waals surface area contributed by atoms with Crippen molar-refractivity contribution in [3.63, 3.8) is 0 Å². The summed E-state index contributed by atoms with van der Waals surface area (Å²) in [6.45, 7) is 2.08. The van der Waals surface area contributed by atoms with E-state index in [1.165, 1.54) is 16.9 Å². The maximum Gasteiger partial charge on any atom is 0.213 e. The molecule has 16 heavy (non-hydrogen) atoms. The first kappa shape index (κ1) is 9.99. The monoisotopic (exact) mass is 293 g/mol. The van der Waals surface area contributed by atoms with Crippen molar-refractivity contribution in [2.24, 2.45) is 0 Å². The normalized spacial score (nSPS) is 11.1. The van der Waals surface area contributed by atoms with Crippen molar-refractivity contribution in [1.29, 1.82) is 0 Å². The number of hydrogen-bond donors (Lipinski definition) is 0. The Labute approximate surface area is 105 Å². The van der Waals surface area contributed by atoms with Crippen molar-refractivity contribution >= 4 is 32.2 Å². The van der Waals surface area contributed by atoms with Gasteiger partial charge in [0.25, 0.3) is 0 Å². The van der Waals surface area contributed by atoms with E-state index in [4.69, 9.17) is 0 Å². The minimum atomic E-state index is 0.852. The zero-order valence-corrected chi connectivity index (χ0v) is 10.9. The molecular formula is C11H8BrN3S. The lowest BCUT2D eigenvalue weighted by atomic mass is 10.1. The lowest BCUT2D eigenvalue weighted by Gasteiger charge is -1.96. The van der Waals surface area contributed by atoms with Crippen LogP contribution in [0.1, 0.15) is 5.56 Å². The predicted octanol–water partition coefficient (Wildman–Crippen LogP) is 3.53. The van der Waals surface area contributed by atoms with Gasteiger partial charge in [-0.15, -0.1) is 5.10 Å². The van der Waals surface area contributed by atoms with Gasteiger partial charge < -0.3 is 0 Å². The average Bonchev–Trinajstić information content (AvgIpc) is 2.75. The molecule has 3 rings (SSSR count). The molecule has 0 aliphatic carbocycles. The molecule has 2 heterocycles. The molecule has 0 bridgehead atoms. The molecule has 0 spiro atoms. The molecule has 0 atom stereocenters. The molecule has 0 amide bonds. The molecule has 0 aliphatic heterocycles. The Balaban J connectivity index is 2.11. The molecule has 5 heteroatoms. The van der Waals surface area contributed by atoms with Gasteiger partial charge >= 0.3 is 0 Å². The highest BCUT2D eigenvalue weighted by molar-refractivity contribution is 9.11. The van der Waals surface area contributed by atoms with E-state index in [-0.39, 0.29) is 0 Å². The van der Waals surface area contributed by atoms with Gasteiger partial charge in [-0.1, -0.05) is 41.2 Å². The third-order valence-corrected chi connectivity index (χ3v) is 3.72. The fraction of sp³-hybridized carbons (Fsp3) is 0.0909. The fourth-order valence-electron chi connectivity index (χ4n) is 1.54. The summed E-state index contributed by atoms with van der Waals surface area (Å²) in [5.74, 6) is 0. The minimum Gasteiger partial charge on any atom is -0.217 e. The van der Waals surface area contributed by atoms with Crippen molar-refractivity contribution in [2.75, 3.05) is 0 Å². The van der Waals surface area contributed by atoms with Crippen LogP contribution in [0.5, 0.6) is 0 Å². The average molecular weight is 294 g/mol. The van der Waals surface area contributed by atoms with Crippen LogP contribution in [0.25, 0.3) is 16.2 Å². The topological polar surface area (TPSA) is 30.2 Å². The Hall–Kier alpha value is -1.20. The van der Waals surface area contributed by atoms with Crippen LogP contribution in [0.4, 0.5) is 0 Å². The first-order chi connectivity index (χ1) is 7.72. The van der Waals surface area contributed by atoms with Gasteiger partial charge in [0, 0.05) is 5.56 Å². The molecule has 0 unspecified atom stereocenters. The molecule has 1 aromatic carbocycles. The molecular weight excluding hydrogens is 286 g/mol. The van der Waals surface area contributed by atoms with Gasteiger partial charge in [0.05, 0.1) is 11.9 Å². The first-order valence-electron chi connectivity index (χ1n) is 4.81. The minimum absolute atomic E-state index is 0.852. The maximum absolute atomic E-state index is 4.52. The number of fused-ring (bicyclic) bond motifs is 1. The number of rotatable bonds is 1. The first-order valence-corrected chi connectivity index (χ1v) is 6.42. The molecule has 2 aromatic heterocycles. The number of imidazole rings is 1. The van der Waals surface area contributed by atoms with Crippen LogP contribution in [-0.2, 0) is 0 Å². The highest BCUT2D eigenvalue weighted by Crippen LogP contribution is 2.24. The Morgan fingerprint density at radius 2 is 2.00 bits per heavy atom. The van der Waals surface area contributed by atoms with E-state index >= 15 is 0 Å². The Morgan fingerprint density at radius 3 is 2.69 bits per heavy atom. The van der Waals surface area contributed by atoms with Gasteiger partial charge in [-0.05, 0) is 22.9 Å². The largest absolute Gasteiger partial charge is 0.217 e. The third-order valence-electron chi connectivity index (χ3n) is 2.37. The summed E-state index contributed by atoms with van der Waals surface area (Å²) in [5, 5.41) is 4.27. The maximum atomic E-state index is 4.52. The summed E-state index contributed by atoms with van der Waals surface area (Å²) < 4.78 is 2.65. The summed E-state index contributed by atoms with van der Waals surface area (Å²) in [6.07, 6.45) is 1.95. The van der Waals surface area contributed by atoms with Crippen molar-refractivity contribution in [3.05, 3.63) is 39.9 Å². The molecule has 0 aliphatic rings. The second-order valence-electron chi connectivity index (χ2n) is 3.57. The molecule has 0 saturated carbocycles. The molecule has 80 valence electrons. The van der Waals surface area contributed by atoms with E-state index in [1.807, 2.05) is 6.20 Å². The van der Waals surface area contributed by atoms with Crippen molar-refractivity contribution in [1.82, 2.24) is 14.6 Å². The number of halogens is 1. The summed E-state index contributed by atoms with van der Waals surface area (Å²) in [5.41, 5.74) is 3.34. The molecule has 3 aromatic rings. The second kappa shape index (κ2) is 3.68. The molecule has 0 radical (unpaired) electrons. The Kier molecular flexibility index (Phi) is 2.29. The van der Waals surface area contributed by atoms with Crippen LogP contribution in [0.15, 0.2) is 34.4 Å². The standard InChI is InChI=1S/C11H8BrN3S/c1-7-2-4-8(5-3-7)9-6-15-11(13-9)16-10(12)14-15/h2-6H,1H3. The van der Waals surface area contributed by atoms with E-state index in [0.717, 1.165) is 20.1 Å². The van der Waals surface area contributed by atoms with Crippen LogP contribution in [0.3, 0.4) is 0 Å². The van der Waals surface area contributed by atoms with Gasteiger partial charge in [-0.25, -0.2) is 9.50 Å². The molecule has 0 saturated heterocycles. The number of hydrogen-bond acceptors (Lipinski definition) is 3. The van der Waals surface area contributed by atoms with Gasteiger partial charge in [0.1, 0.15) is 0 Å². The number of aromatic nitrogens is 3. The van der Waals surface area contributed by atoms with Crippen LogP contribution >= 0.6 is 27.3 Å². The van der Waals surface area contributed by atoms with Crippen LogP contribution in [0, 0.1) is 6.92 Å². The van der Waals surface area contributed by atoms with E-state index in [9.17, 15) is 0 Å². The van der Waals surface area contributed by atoms with Crippen LogP contribution < -0.4 is 0 Å². The highest BCUT2D eigenvalue weighted by Gasteiger charge is 2.07. The number of nitrogens with zero attached hydrogens (tertiary/aromatic N) is 3.